The summed E-state index contributed by atoms with van der Waals surface area (Å²) in [5.41, 5.74) is 0. The first kappa shape index (κ1) is 13.5. The molecule has 1 heterocycles. The second kappa shape index (κ2) is 5.40. The molecule has 0 fully saturated rings. The van der Waals surface area contributed by atoms with Gasteiger partial charge in [-0.2, -0.15) is 0 Å². The molecular weight excluding hydrogens is 338 g/mol. The van der Waals surface area contributed by atoms with Gasteiger partial charge in [-0.3, -0.25) is 0 Å². The SMILES string of the molecule is O=S(=O)(NCc1cc(Br)cs1)c1ccccc1O. The summed E-state index contributed by atoms with van der Waals surface area (Å²) in [7, 11) is -3.69. The number of thiophene rings is 1. The van der Waals surface area contributed by atoms with E-state index in [1.807, 2.05) is 11.4 Å². The Balaban J connectivity index is 2.16. The van der Waals surface area contributed by atoms with Crippen LogP contribution in [0.2, 0.25) is 0 Å². The zero-order valence-electron chi connectivity index (χ0n) is 9.13. The summed E-state index contributed by atoms with van der Waals surface area (Å²) in [5.74, 6) is -0.252. The molecule has 2 N–H and O–H groups in total. The fourth-order valence-corrected chi connectivity index (χ4v) is 3.96. The first-order valence-electron chi connectivity index (χ1n) is 4.99. The van der Waals surface area contributed by atoms with Crippen LogP contribution >= 0.6 is 27.3 Å². The Morgan fingerprint density at radius 1 is 1.33 bits per heavy atom. The van der Waals surface area contributed by atoms with Gasteiger partial charge in [-0.05, 0) is 34.1 Å². The molecule has 0 saturated heterocycles. The highest BCUT2D eigenvalue weighted by Crippen LogP contribution is 2.23. The largest absolute Gasteiger partial charge is 0.507 e. The first-order chi connectivity index (χ1) is 8.49. The van der Waals surface area contributed by atoms with Gasteiger partial charge in [-0.25, -0.2) is 13.1 Å². The van der Waals surface area contributed by atoms with E-state index in [1.165, 1.54) is 23.5 Å². The Hall–Kier alpha value is -0.890. The van der Waals surface area contributed by atoms with Crippen LogP contribution in [-0.4, -0.2) is 13.5 Å². The van der Waals surface area contributed by atoms with Gasteiger partial charge >= 0.3 is 0 Å². The van der Waals surface area contributed by atoms with Crippen molar-refractivity contribution in [3.8, 4) is 5.75 Å². The number of hydrogen-bond donors (Lipinski definition) is 2. The van der Waals surface area contributed by atoms with Crippen LogP contribution in [0.3, 0.4) is 0 Å². The minimum absolute atomic E-state index is 0.111. The molecule has 96 valence electrons. The van der Waals surface area contributed by atoms with Crippen LogP contribution in [0, 0.1) is 0 Å². The van der Waals surface area contributed by atoms with Crippen molar-refractivity contribution in [2.24, 2.45) is 0 Å². The van der Waals surface area contributed by atoms with Crippen LogP contribution in [0.5, 0.6) is 5.75 Å². The molecule has 0 saturated carbocycles. The summed E-state index contributed by atoms with van der Waals surface area (Å²) in [6.07, 6.45) is 0. The van der Waals surface area contributed by atoms with Crippen molar-refractivity contribution in [3.05, 3.63) is 45.1 Å². The normalized spacial score (nSPS) is 11.6. The van der Waals surface area contributed by atoms with Crippen LogP contribution in [0.25, 0.3) is 0 Å². The maximum absolute atomic E-state index is 12.0. The Bertz CT molecular complexity index is 652. The number of halogens is 1. The lowest BCUT2D eigenvalue weighted by Gasteiger charge is -2.06. The molecule has 2 rings (SSSR count). The number of nitrogens with one attached hydrogen (secondary N) is 1. The van der Waals surface area contributed by atoms with E-state index in [4.69, 9.17) is 0 Å². The number of aromatic hydroxyl groups is 1. The van der Waals surface area contributed by atoms with E-state index in [1.54, 1.807) is 12.1 Å². The maximum atomic E-state index is 12.0. The fourth-order valence-electron chi connectivity index (χ4n) is 1.37. The van der Waals surface area contributed by atoms with Crippen molar-refractivity contribution in [2.45, 2.75) is 11.4 Å². The van der Waals surface area contributed by atoms with Crippen LogP contribution < -0.4 is 4.72 Å². The summed E-state index contributed by atoms with van der Waals surface area (Å²) in [6, 6.07) is 7.69. The predicted molar refractivity (Wildman–Crippen MR) is 74.2 cm³/mol. The van der Waals surface area contributed by atoms with E-state index < -0.39 is 10.0 Å². The molecule has 0 aliphatic carbocycles. The number of phenolic OH excluding ortho intramolecular Hbond substituents is 1. The summed E-state index contributed by atoms with van der Waals surface area (Å²) >= 11 is 4.76. The van der Waals surface area contributed by atoms with Crippen LogP contribution in [0.4, 0.5) is 0 Å². The van der Waals surface area contributed by atoms with Crippen molar-refractivity contribution in [3.63, 3.8) is 0 Å². The lowest BCUT2D eigenvalue weighted by molar-refractivity contribution is 0.458. The fraction of sp³-hybridized carbons (Fsp3) is 0.0909. The topological polar surface area (TPSA) is 66.4 Å². The third-order valence-electron chi connectivity index (χ3n) is 2.21. The van der Waals surface area contributed by atoms with Gasteiger partial charge in [0.1, 0.15) is 10.6 Å². The lowest BCUT2D eigenvalue weighted by atomic mass is 10.3. The number of hydrogen-bond acceptors (Lipinski definition) is 4. The zero-order chi connectivity index (χ0) is 13.2. The summed E-state index contributed by atoms with van der Waals surface area (Å²) in [5, 5.41) is 11.4. The Labute approximate surface area is 117 Å². The molecule has 0 aliphatic rings. The molecule has 18 heavy (non-hydrogen) atoms. The van der Waals surface area contributed by atoms with E-state index in [0.717, 1.165) is 9.35 Å². The van der Waals surface area contributed by atoms with Crippen molar-refractivity contribution in [2.75, 3.05) is 0 Å². The summed E-state index contributed by atoms with van der Waals surface area (Å²) in [4.78, 5) is 0.779. The number of benzene rings is 1. The monoisotopic (exact) mass is 347 g/mol. The minimum atomic E-state index is -3.69. The van der Waals surface area contributed by atoms with Gasteiger partial charge in [-0.1, -0.05) is 12.1 Å². The highest BCUT2D eigenvalue weighted by molar-refractivity contribution is 9.10. The second-order valence-corrected chi connectivity index (χ2v) is 7.17. The first-order valence-corrected chi connectivity index (χ1v) is 8.15. The lowest BCUT2D eigenvalue weighted by Crippen LogP contribution is -2.22. The Morgan fingerprint density at radius 2 is 2.06 bits per heavy atom. The van der Waals surface area contributed by atoms with Crippen LogP contribution in [0.15, 0.2) is 45.1 Å². The van der Waals surface area contributed by atoms with E-state index in [-0.39, 0.29) is 17.2 Å². The number of phenols is 1. The van der Waals surface area contributed by atoms with Crippen LogP contribution in [0.1, 0.15) is 4.88 Å². The molecule has 0 aliphatic heterocycles. The average molecular weight is 348 g/mol. The van der Waals surface area contributed by atoms with E-state index in [0.29, 0.717) is 0 Å². The second-order valence-electron chi connectivity index (χ2n) is 3.52. The predicted octanol–water partition coefficient (Wildman–Crippen LogP) is 2.69. The third kappa shape index (κ3) is 3.11. The Morgan fingerprint density at radius 3 is 2.67 bits per heavy atom. The number of sulfonamides is 1. The molecule has 2 aromatic rings. The van der Waals surface area contributed by atoms with Gasteiger partial charge in [0.2, 0.25) is 10.0 Å². The highest BCUT2D eigenvalue weighted by Gasteiger charge is 2.17. The zero-order valence-corrected chi connectivity index (χ0v) is 12.3. The molecule has 0 atom stereocenters. The smallest absolute Gasteiger partial charge is 0.244 e. The molecule has 0 bridgehead atoms. The molecule has 0 amide bonds. The van der Waals surface area contributed by atoms with E-state index >= 15 is 0 Å². The molecule has 4 nitrogen and oxygen atoms in total. The third-order valence-corrected chi connectivity index (χ3v) is 5.36. The van der Waals surface area contributed by atoms with Gasteiger partial charge in [0.05, 0.1) is 0 Å². The molecule has 7 heteroatoms. The molecule has 1 aromatic heterocycles. The Kier molecular flexibility index (Phi) is 4.06. The molecule has 0 spiro atoms. The highest BCUT2D eigenvalue weighted by atomic mass is 79.9. The van der Waals surface area contributed by atoms with E-state index in [9.17, 15) is 13.5 Å². The summed E-state index contributed by atoms with van der Waals surface area (Å²) < 4.78 is 27.3. The van der Waals surface area contributed by atoms with Gasteiger partial charge < -0.3 is 5.11 Å². The van der Waals surface area contributed by atoms with Gasteiger partial charge in [-0.15, -0.1) is 11.3 Å². The van der Waals surface area contributed by atoms with Gasteiger partial charge in [0, 0.05) is 21.3 Å². The van der Waals surface area contributed by atoms with Crippen molar-refractivity contribution >= 4 is 37.3 Å². The van der Waals surface area contributed by atoms with Crippen LogP contribution in [-0.2, 0) is 16.6 Å². The molecule has 0 radical (unpaired) electrons. The number of para-hydroxylation sites is 1. The quantitative estimate of drug-likeness (QED) is 0.893. The van der Waals surface area contributed by atoms with Crippen molar-refractivity contribution < 1.29 is 13.5 Å². The summed E-state index contributed by atoms with van der Waals surface area (Å²) in [6.45, 7) is 0.201. The van der Waals surface area contributed by atoms with E-state index in [2.05, 4.69) is 20.7 Å². The molecular formula is C11H10BrNO3S2. The van der Waals surface area contributed by atoms with Crippen molar-refractivity contribution in [1.29, 1.82) is 0 Å². The number of rotatable bonds is 4. The maximum Gasteiger partial charge on any atom is 0.244 e. The van der Waals surface area contributed by atoms with Gasteiger partial charge in [0.25, 0.3) is 0 Å². The van der Waals surface area contributed by atoms with Gasteiger partial charge in [0.15, 0.2) is 0 Å². The minimum Gasteiger partial charge on any atom is -0.507 e. The molecule has 1 aromatic carbocycles. The van der Waals surface area contributed by atoms with Crippen molar-refractivity contribution in [1.82, 2.24) is 4.72 Å². The molecule has 0 unspecified atom stereocenters. The standard InChI is InChI=1S/C11H10BrNO3S2/c12-8-5-9(17-7-8)6-13-18(15,16)11-4-2-1-3-10(11)14/h1-5,7,13-14H,6H2. The average Bonchev–Trinajstić information content (AvgIpc) is 2.73.